The molecule has 5 heteroatoms. The zero-order chi connectivity index (χ0) is 10.7. The van der Waals surface area contributed by atoms with Crippen LogP contribution in [0, 0.1) is 0 Å². The highest BCUT2D eigenvalue weighted by Crippen LogP contribution is 2.12. The van der Waals surface area contributed by atoms with Gasteiger partial charge in [-0.05, 0) is 25.0 Å². The van der Waals surface area contributed by atoms with E-state index in [1.165, 1.54) is 0 Å². The number of hydrogen-bond acceptors (Lipinski definition) is 4. The molecule has 0 aromatic carbocycles. The quantitative estimate of drug-likeness (QED) is 0.735. The van der Waals surface area contributed by atoms with E-state index in [1.807, 2.05) is 12.1 Å². The summed E-state index contributed by atoms with van der Waals surface area (Å²) in [7, 11) is 0. The molecule has 0 spiro atoms. The lowest BCUT2D eigenvalue weighted by Gasteiger charge is -2.29. The van der Waals surface area contributed by atoms with E-state index < -0.39 is 0 Å². The van der Waals surface area contributed by atoms with Crippen LogP contribution < -0.4 is 5.73 Å². The van der Waals surface area contributed by atoms with Crippen LogP contribution in [0.25, 0.3) is 0 Å². The molecular weight excluding hydrogens is 192 g/mol. The summed E-state index contributed by atoms with van der Waals surface area (Å²) >= 11 is 0. The zero-order valence-corrected chi connectivity index (χ0v) is 8.47. The van der Waals surface area contributed by atoms with Gasteiger partial charge in [0, 0.05) is 12.7 Å². The molecule has 1 fully saturated rings. The molecule has 0 bridgehead atoms. The Hall–Kier alpha value is -1.49. The number of aromatic nitrogens is 2. The highest BCUT2D eigenvalue weighted by Gasteiger charge is 2.25. The first-order chi connectivity index (χ1) is 7.27. The van der Waals surface area contributed by atoms with Gasteiger partial charge in [-0.3, -0.25) is 4.79 Å². The predicted molar refractivity (Wildman–Crippen MR) is 54.7 cm³/mol. The molecule has 1 unspecified atom stereocenters. The predicted octanol–water partition coefficient (Wildman–Crippen LogP) is -0.0737. The third-order valence-corrected chi connectivity index (χ3v) is 2.55. The number of likely N-dealkylation sites (tertiary alicyclic amines) is 1. The Kier molecular flexibility index (Phi) is 2.91. The number of nitrogens with zero attached hydrogens (tertiary/aromatic N) is 3. The molecular formula is C10H14N4O. The lowest BCUT2D eigenvalue weighted by molar-refractivity contribution is -0.135. The van der Waals surface area contributed by atoms with Crippen LogP contribution in [0.5, 0.6) is 0 Å². The lowest BCUT2D eigenvalue weighted by atomic mass is 10.1. The second-order valence-corrected chi connectivity index (χ2v) is 3.72. The second kappa shape index (κ2) is 4.35. The molecule has 1 amide bonds. The average molecular weight is 206 g/mol. The SMILES string of the molecule is NC1CCCN(Cc2cccnn2)C1=O. The van der Waals surface area contributed by atoms with E-state index in [0.717, 1.165) is 25.1 Å². The van der Waals surface area contributed by atoms with Gasteiger partial charge in [0.1, 0.15) is 0 Å². The van der Waals surface area contributed by atoms with Crippen molar-refractivity contribution in [2.75, 3.05) is 6.54 Å². The Balaban J connectivity index is 2.03. The molecule has 1 aromatic rings. The molecule has 1 aliphatic heterocycles. The van der Waals surface area contributed by atoms with Crippen LogP contribution in [0.1, 0.15) is 18.5 Å². The molecule has 0 aliphatic carbocycles. The molecule has 2 heterocycles. The van der Waals surface area contributed by atoms with Gasteiger partial charge >= 0.3 is 0 Å². The van der Waals surface area contributed by atoms with Crippen LogP contribution in [0.2, 0.25) is 0 Å². The fourth-order valence-corrected chi connectivity index (χ4v) is 1.74. The van der Waals surface area contributed by atoms with Gasteiger partial charge in [-0.2, -0.15) is 10.2 Å². The molecule has 0 saturated carbocycles. The van der Waals surface area contributed by atoms with E-state index in [1.54, 1.807) is 11.1 Å². The number of carbonyl (C=O) groups excluding carboxylic acids is 1. The fourth-order valence-electron chi connectivity index (χ4n) is 1.74. The third kappa shape index (κ3) is 2.30. The highest BCUT2D eigenvalue weighted by atomic mass is 16.2. The Morgan fingerprint density at radius 1 is 1.60 bits per heavy atom. The second-order valence-electron chi connectivity index (χ2n) is 3.72. The van der Waals surface area contributed by atoms with Crippen LogP contribution in [0.3, 0.4) is 0 Å². The van der Waals surface area contributed by atoms with Crippen molar-refractivity contribution in [2.24, 2.45) is 5.73 Å². The Morgan fingerprint density at radius 3 is 3.20 bits per heavy atom. The standard InChI is InChI=1S/C10H14N4O/c11-9-4-2-6-14(10(9)15)7-8-3-1-5-12-13-8/h1,3,5,9H,2,4,6-7,11H2. The Bertz CT molecular complexity index is 341. The van der Waals surface area contributed by atoms with Gasteiger partial charge in [0.25, 0.3) is 0 Å². The molecule has 0 radical (unpaired) electrons. The topological polar surface area (TPSA) is 72.1 Å². The highest BCUT2D eigenvalue weighted by molar-refractivity contribution is 5.82. The summed E-state index contributed by atoms with van der Waals surface area (Å²) in [5.41, 5.74) is 6.50. The van der Waals surface area contributed by atoms with Gasteiger partial charge in [-0.25, -0.2) is 0 Å². The van der Waals surface area contributed by atoms with Gasteiger partial charge in [-0.1, -0.05) is 0 Å². The maximum Gasteiger partial charge on any atom is 0.239 e. The summed E-state index contributed by atoms with van der Waals surface area (Å²) in [6.07, 6.45) is 3.37. The van der Waals surface area contributed by atoms with Gasteiger partial charge in [0.15, 0.2) is 0 Å². The maximum absolute atomic E-state index is 11.7. The van der Waals surface area contributed by atoms with Crippen LogP contribution in [-0.2, 0) is 11.3 Å². The Labute approximate surface area is 88.3 Å². The van der Waals surface area contributed by atoms with Crippen molar-refractivity contribution >= 4 is 5.91 Å². The van der Waals surface area contributed by atoms with Crippen molar-refractivity contribution in [1.29, 1.82) is 0 Å². The van der Waals surface area contributed by atoms with Gasteiger partial charge in [-0.15, -0.1) is 0 Å². The Morgan fingerprint density at radius 2 is 2.47 bits per heavy atom. The van der Waals surface area contributed by atoms with Gasteiger partial charge in [0.2, 0.25) is 5.91 Å². The van der Waals surface area contributed by atoms with E-state index in [4.69, 9.17) is 5.73 Å². The molecule has 1 aromatic heterocycles. The monoisotopic (exact) mass is 206 g/mol. The molecule has 1 saturated heterocycles. The number of piperidine rings is 1. The molecule has 2 rings (SSSR count). The third-order valence-electron chi connectivity index (χ3n) is 2.55. The summed E-state index contributed by atoms with van der Waals surface area (Å²) in [6, 6.07) is 3.34. The lowest BCUT2D eigenvalue weighted by Crippen LogP contribution is -2.47. The maximum atomic E-state index is 11.7. The molecule has 5 nitrogen and oxygen atoms in total. The minimum atomic E-state index is -0.338. The van der Waals surface area contributed by atoms with Crippen molar-refractivity contribution in [1.82, 2.24) is 15.1 Å². The van der Waals surface area contributed by atoms with Crippen molar-refractivity contribution < 1.29 is 4.79 Å². The molecule has 80 valence electrons. The largest absolute Gasteiger partial charge is 0.335 e. The molecule has 1 aliphatic rings. The summed E-state index contributed by atoms with van der Waals surface area (Å²) in [5, 5.41) is 7.72. The van der Waals surface area contributed by atoms with Crippen LogP contribution in [-0.4, -0.2) is 33.6 Å². The van der Waals surface area contributed by atoms with Crippen molar-refractivity contribution in [3.8, 4) is 0 Å². The number of amides is 1. The molecule has 15 heavy (non-hydrogen) atoms. The van der Waals surface area contributed by atoms with E-state index in [2.05, 4.69) is 10.2 Å². The zero-order valence-electron chi connectivity index (χ0n) is 8.47. The minimum absolute atomic E-state index is 0.0203. The summed E-state index contributed by atoms with van der Waals surface area (Å²) in [4.78, 5) is 13.4. The number of carbonyl (C=O) groups is 1. The van der Waals surface area contributed by atoms with E-state index in [-0.39, 0.29) is 11.9 Å². The summed E-state index contributed by atoms with van der Waals surface area (Å²) in [5.74, 6) is 0.0203. The van der Waals surface area contributed by atoms with Crippen molar-refractivity contribution in [3.63, 3.8) is 0 Å². The van der Waals surface area contributed by atoms with E-state index >= 15 is 0 Å². The number of nitrogens with two attached hydrogens (primary N) is 1. The van der Waals surface area contributed by atoms with Crippen molar-refractivity contribution in [2.45, 2.75) is 25.4 Å². The normalized spacial score (nSPS) is 21.8. The number of hydrogen-bond donors (Lipinski definition) is 1. The van der Waals surface area contributed by atoms with Gasteiger partial charge in [0.05, 0.1) is 18.3 Å². The van der Waals surface area contributed by atoms with Gasteiger partial charge < -0.3 is 10.6 Å². The molecule has 1 atom stereocenters. The van der Waals surface area contributed by atoms with Crippen LogP contribution in [0.15, 0.2) is 18.3 Å². The van der Waals surface area contributed by atoms with Crippen molar-refractivity contribution in [3.05, 3.63) is 24.0 Å². The first-order valence-corrected chi connectivity index (χ1v) is 5.08. The molecule has 2 N–H and O–H groups in total. The summed E-state index contributed by atoms with van der Waals surface area (Å²) < 4.78 is 0. The first-order valence-electron chi connectivity index (χ1n) is 5.08. The average Bonchev–Trinajstić information content (AvgIpc) is 2.26. The van der Waals surface area contributed by atoms with E-state index in [9.17, 15) is 4.79 Å². The van der Waals surface area contributed by atoms with E-state index in [0.29, 0.717) is 6.54 Å². The first kappa shape index (κ1) is 10.0. The minimum Gasteiger partial charge on any atom is -0.335 e. The number of rotatable bonds is 2. The smallest absolute Gasteiger partial charge is 0.239 e. The summed E-state index contributed by atoms with van der Waals surface area (Å²) in [6.45, 7) is 1.28. The fraction of sp³-hybridized carbons (Fsp3) is 0.500. The van der Waals surface area contributed by atoms with Crippen LogP contribution >= 0.6 is 0 Å². The van der Waals surface area contributed by atoms with Crippen LogP contribution in [0.4, 0.5) is 0 Å².